The van der Waals surface area contributed by atoms with Crippen molar-refractivity contribution in [2.75, 3.05) is 5.32 Å². The highest BCUT2D eigenvalue weighted by atomic mass is 35.5. The van der Waals surface area contributed by atoms with E-state index >= 15 is 0 Å². The summed E-state index contributed by atoms with van der Waals surface area (Å²) in [5.41, 5.74) is 2.93. The highest BCUT2D eigenvalue weighted by molar-refractivity contribution is 6.31. The molecule has 0 bridgehead atoms. The van der Waals surface area contributed by atoms with Crippen LogP contribution < -0.4 is 5.32 Å². The number of anilines is 1. The monoisotopic (exact) mass is 320 g/mol. The van der Waals surface area contributed by atoms with Crippen LogP contribution in [0.2, 0.25) is 5.02 Å². The average molecular weight is 321 g/mol. The minimum Gasteiger partial charge on any atom is -0.436 e. The molecule has 0 spiro atoms. The number of benzene rings is 2. The molecule has 0 aliphatic rings. The van der Waals surface area contributed by atoms with Crippen molar-refractivity contribution >= 4 is 28.4 Å². The lowest BCUT2D eigenvalue weighted by Gasteiger charge is -2.01. The number of nitrogens with zero attached hydrogens (tertiary/aromatic N) is 3. The van der Waals surface area contributed by atoms with E-state index in [1.54, 1.807) is 42.5 Å². The largest absolute Gasteiger partial charge is 0.436 e. The lowest BCUT2D eigenvalue weighted by Crippen LogP contribution is -1.89. The van der Waals surface area contributed by atoms with Gasteiger partial charge in [-0.2, -0.15) is 10.5 Å². The van der Waals surface area contributed by atoms with Crippen LogP contribution in [0.4, 0.5) is 5.69 Å². The maximum Gasteiger partial charge on any atom is 0.227 e. The fourth-order valence-electron chi connectivity index (χ4n) is 1.98. The van der Waals surface area contributed by atoms with Crippen molar-refractivity contribution in [1.82, 2.24) is 4.98 Å². The van der Waals surface area contributed by atoms with Crippen LogP contribution in [-0.2, 0) is 0 Å². The zero-order chi connectivity index (χ0) is 16.2. The van der Waals surface area contributed by atoms with Crippen molar-refractivity contribution in [3.8, 4) is 23.6 Å². The summed E-state index contributed by atoms with van der Waals surface area (Å²) in [4.78, 5) is 4.40. The van der Waals surface area contributed by atoms with Crippen LogP contribution in [0.5, 0.6) is 0 Å². The standard InChI is InChI=1S/C17H9ClN4O/c18-13-3-6-16-15(7-13)22-17(23-16)12-1-4-14(5-2-12)21-10-11(8-19)9-20/h1-7,10,21H. The second-order valence-electron chi connectivity index (χ2n) is 4.63. The van der Waals surface area contributed by atoms with Gasteiger partial charge in [-0.25, -0.2) is 4.98 Å². The summed E-state index contributed by atoms with van der Waals surface area (Å²) in [7, 11) is 0. The Morgan fingerprint density at radius 3 is 2.57 bits per heavy atom. The van der Waals surface area contributed by atoms with Gasteiger partial charge >= 0.3 is 0 Å². The van der Waals surface area contributed by atoms with Gasteiger partial charge in [-0.05, 0) is 42.5 Å². The fourth-order valence-corrected chi connectivity index (χ4v) is 2.14. The summed E-state index contributed by atoms with van der Waals surface area (Å²) in [6, 6.07) is 16.1. The minimum absolute atomic E-state index is 0.00454. The van der Waals surface area contributed by atoms with E-state index in [0.717, 1.165) is 11.3 Å². The van der Waals surface area contributed by atoms with Crippen molar-refractivity contribution < 1.29 is 4.42 Å². The van der Waals surface area contributed by atoms with Gasteiger partial charge in [-0.1, -0.05) is 11.6 Å². The van der Waals surface area contributed by atoms with Crippen LogP contribution in [-0.4, -0.2) is 4.98 Å². The molecule has 0 saturated carbocycles. The number of oxazole rings is 1. The van der Waals surface area contributed by atoms with Crippen molar-refractivity contribution in [3.05, 3.63) is 59.3 Å². The number of aromatic nitrogens is 1. The first-order valence-electron chi connectivity index (χ1n) is 6.63. The molecule has 0 aliphatic heterocycles. The van der Waals surface area contributed by atoms with Gasteiger partial charge in [-0.3, -0.25) is 0 Å². The van der Waals surface area contributed by atoms with Crippen LogP contribution in [0.1, 0.15) is 0 Å². The molecule has 1 N–H and O–H groups in total. The lowest BCUT2D eigenvalue weighted by atomic mass is 10.2. The van der Waals surface area contributed by atoms with Crippen molar-refractivity contribution in [2.45, 2.75) is 0 Å². The fraction of sp³-hybridized carbons (Fsp3) is 0. The molecule has 0 fully saturated rings. The molecule has 1 heterocycles. The Bertz CT molecular complexity index is 958. The van der Waals surface area contributed by atoms with Gasteiger partial charge in [0.15, 0.2) is 5.58 Å². The second-order valence-corrected chi connectivity index (χ2v) is 5.07. The summed E-state index contributed by atoms with van der Waals surface area (Å²) in [5, 5.41) is 20.8. The molecule has 0 atom stereocenters. The molecule has 0 saturated heterocycles. The van der Waals surface area contributed by atoms with Gasteiger partial charge in [0, 0.05) is 22.5 Å². The molecule has 2 aromatic carbocycles. The molecular weight excluding hydrogens is 312 g/mol. The highest BCUT2D eigenvalue weighted by Gasteiger charge is 2.08. The zero-order valence-electron chi connectivity index (χ0n) is 11.7. The number of rotatable bonds is 3. The summed E-state index contributed by atoms with van der Waals surface area (Å²) in [5.74, 6) is 0.499. The second kappa shape index (κ2) is 6.23. The minimum atomic E-state index is 0.00454. The van der Waals surface area contributed by atoms with Crippen LogP contribution in [0, 0.1) is 22.7 Å². The summed E-state index contributed by atoms with van der Waals surface area (Å²) in [6.45, 7) is 0. The van der Waals surface area contributed by atoms with E-state index in [2.05, 4.69) is 10.3 Å². The topological polar surface area (TPSA) is 85.6 Å². The number of nitriles is 2. The Kier molecular flexibility index (Phi) is 3.97. The molecule has 5 nitrogen and oxygen atoms in total. The first-order chi connectivity index (χ1) is 11.2. The van der Waals surface area contributed by atoms with E-state index in [0.29, 0.717) is 22.0 Å². The predicted octanol–water partition coefficient (Wildman–Crippen LogP) is 4.49. The van der Waals surface area contributed by atoms with Crippen molar-refractivity contribution in [3.63, 3.8) is 0 Å². The lowest BCUT2D eigenvalue weighted by molar-refractivity contribution is 0.620. The number of hydrogen-bond donors (Lipinski definition) is 1. The Balaban J connectivity index is 1.85. The van der Waals surface area contributed by atoms with E-state index < -0.39 is 0 Å². The SMILES string of the molecule is N#CC(C#N)=CNc1ccc(-c2nc3cc(Cl)ccc3o2)cc1. The van der Waals surface area contributed by atoms with Crippen molar-refractivity contribution in [2.24, 2.45) is 0 Å². The van der Waals surface area contributed by atoms with Crippen molar-refractivity contribution in [1.29, 1.82) is 10.5 Å². The van der Waals surface area contributed by atoms with E-state index in [1.807, 2.05) is 12.1 Å². The number of halogens is 1. The smallest absolute Gasteiger partial charge is 0.227 e. The van der Waals surface area contributed by atoms with Crippen LogP contribution in [0.25, 0.3) is 22.6 Å². The zero-order valence-corrected chi connectivity index (χ0v) is 12.5. The quantitative estimate of drug-likeness (QED) is 0.718. The molecule has 0 radical (unpaired) electrons. The van der Waals surface area contributed by atoms with Crippen LogP contribution in [0.15, 0.2) is 58.7 Å². The summed E-state index contributed by atoms with van der Waals surface area (Å²) < 4.78 is 5.69. The molecule has 0 unspecified atom stereocenters. The first-order valence-corrected chi connectivity index (χ1v) is 7.01. The summed E-state index contributed by atoms with van der Waals surface area (Å²) >= 11 is 5.94. The van der Waals surface area contributed by atoms with Gasteiger partial charge < -0.3 is 9.73 Å². The molecule has 6 heteroatoms. The van der Waals surface area contributed by atoms with Gasteiger partial charge in [0.05, 0.1) is 0 Å². The Morgan fingerprint density at radius 1 is 1.13 bits per heavy atom. The van der Waals surface area contributed by atoms with E-state index in [9.17, 15) is 0 Å². The number of fused-ring (bicyclic) bond motifs is 1. The highest BCUT2D eigenvalue weighted by Crippen LogP contribution is 2.27. The average Bonchev–Trinajstić information content (AvgIpc) is 2.99. The van der Waals surface area contributed by atoms with E-state index in [4.69, 9.17) is 26.5 Å². The summed E-state index contributed by atoms with van der Waals surface area (Å²) in [6.07, 6.45) is 1.36. The van der Waals surface area contributed by atoms with Gasteiger partial charge in [0.25, 0.3) is 0 Å². The number of nitrogens with one attached hydrogen (secondary N) is 1. The Morgan fingerprint density at radius 2 is 1.87 bits per heavy atom. The predicted molar refractivity (Wildman–Crippen MR) is 87.4 cm³/mol. The van der Waals surface area contributed by atoms with Gasteiger partial charge in [0.1, 0.15) is 23.2 Å². The normalized spacial score (nSPS) is 9.87. The molecule has 1 aromatic heterocycles. The Labute approximate surface area is 137 Å². The molecule has 3 aromatic rings. The van der Waals surface area contributed by atoms with E-state index in [1.165, 1.54) is 6.20 Å². The third-order valence-corrected chi connectivity index (χ3v) is 3.34. The maximum absolute atomic E-state index is 8.67. The molecule has 0 aliphatic carbocycles. The van der Waals surface area contributed by atoms with Crippen LogP contribution >= 0.6 is 11.6 Å². The molecular formula is C17H9ClN4O. The van der Waals surface area contributed by atoms with Gasteiger partial charge in [0.2, 0.25) is 5.89 Å². The molecule has 23 heavy (non-hydrogen) atoms. The molecule has 0 amide bonds. The molecule has 110 valence electrons. The van der Waals surface area contributed by atoms with Gasteiger partial charge in [-0.15, -0.1) is 0 Å². The Hall–Kier alpha value is -3.28. The maximum atomic E-state index is 8.67. The van der Waals surface area contributed by atoms with Crippen LogP contribution in [0.3, 0.4) is 0 Å². The number of hydrogen-bond acceptors (Lipinski definition) is 5. The third kappa shape index (κ3) is 3.16. The van der Waals surface area contributed by atoms with E-state index in [-0.39, 0.29) is 5.57 Å². The third-order valence-electron chi connectivity index (χ3n) is 3.11. The number of allylic oxidation sites excluding steroid dienone is 1. The molecule has 3 rings (SSSR count). The first kappa shape index (κ1) is 14.6.